The zero-order valence-corrected chi connectivity index (χ0v) is 11.5. The predicted molar refractivity (Wildman–Crippen MR) is 69.0 cm³/mol. The molecule has 0 radical (unpaired) electrons. The van der Waals surface area contributed by atoms with Gasteiger partial charge in [-0.25, -0.2) is 9.69 Å². The highest BCUT2D eigenvalue weighted by Crippen LogP contribution is 2.27. The second kappa shape index (κ2) is 3.84. The number of hydrogen-bond donors (Lipinski definition) is 1. The van der Waals surface area contributed by atoms with E-state index >= 15 is 0 Å². The number of rotatable bonds is 1. The molecule has 4 nitrogen and oxygen atoms in total. The molecule has 3 amide bonds. The highest BCUT2D eigenvalue weighted by molar-refractivity contribution is 9.10. The van der Waals surface area contributed by atoms with Crippen LogP contribution in [-0.2, 0) is 4.79 Å². The summed E-state index contributed by atoms with van der Waals surface area (Å²) >= 11 is 3.39. The van der Waals surface area contributed by atoms with Gasteiger partial charge in [0, 0.05) is 4.47 Å². The molecule has 17 heavy (non-hydrogen) atoms. The third-order valence-electron chi connectivity index (χ3n) is 2.76. The quantitative estimate of drug-likeness (QED) is 0.810. The molecule has 1 fully saturated rings. The number of aryl methyl sites for hydroxylation is 1. The number of halogens is 1. The first kappa shape index (κ1) is 12.1. The van der Waals surface area contributed by atoms with Crippen molar-refractivity contribution in [2.24, 2.45) is 0 Å². The molecule has 5 heteroatoms. The number of urea groups is 1. The lowest BCUT2D eigenvalue weighted by Gasteiger charge is -2.16. The number of anilines is 1. The van der Waals surface area contributed by atoms with Crippen molar-refractivity contribution < 1.29 is 9.59 Å². The van der Waals surface area contributed by atoms with E-state index in [0.29, 0.717) is 5.69 Å². The van der Waals surface area contributed by atoms with Crippen LogP contribution in [0.5, 0.6) is 0 Å². The van der Waals surface area contributed by atoms with Crippen LogP contribution in [0, 0.1) is 6.92 Å². The van der Waals surface area contributed by atoms with Crippen molar-refractivity contribution in [3.8, 4) is 0 Å². The molecule has 1 aliphatic rings. The smallest absolute Gasteiger partial charge is 0.323 e. The molecular weight excluding hydrogens is 284 g/mol. The van der Waals surface area contributed by atoms with Gasteiger partial charge in [0.05, 0.1) is 5.69 Å². The molecule has 1 aliphatic heterocycles. The van der Waals surface area contributed by atoms with Crippen LogP contribution < -0.4 is 10.2 Å². The lowest BCUT2D eigenvalue weighted by molar-refractivity contribution is -0.120. The summed E-state index contributed by atoms with van der Waals surface area (Å²) < 4.78 is 0.951. The van der Waals surface area contributed by atoms with Crippen LogP contribution in [0.4, 0.5) is 10.5 Å². The molecule has 0 bridgehead atoms. The van der Waals surface area contributed by atoms with E-state index < -0.39 is 5.54 Å². The summed E-state index contributed by atoms with van der Waals surface area (Å²) in [6.45, 7) is 5.30. The number of amides is 3. The number of hydrogen-bond acceptors (Lipinski definition) is 2. The first-order chi connectivity index (χ1) is 7.83. The Labute approximate surface area is 108 Å². The number of nitrogens with zero attached hydrogens (tertiary/aromatic N) is 1. The Morgan fingerprint density at radius 2 is 1.94 bits per heavy atom. The Morgan fingerprint density at radius 1 is 1.29 bits per heavy atom. The van der Waals surface area contributed by atoms with Gasteiger partial charge in [0.15, 0.2) is 0 Å². The summed E-state index contributed by atoms with van der Waals surface area (Å²) in [5, 5.41) is 2.65. The zero-order chi connectivity index (χ0) is 12.8. The first-order valence-electron chi connectivity index (χ1n) is 5.26. The van der Waals surface area contributed by atoms with Gasteiger partial charge in [-0.15, -0.1) is 0 Å². The maximum absolute atomic E-state index is 12.1. The van der Waals surface area contributed by atoms with Crippen molar-refractivity contribution in [1.82, 2.24) is 5.32 Å². The molecular formula is C12H13BrN2O2. The number of carbonyl (C=O) groups excluding carboxylic acids is 2. The molecule has 90 valence electrons. The molecule has 1 heterocycles. The van der Waals surface area contributed by atoms with Crippen LogP contribution in [-0.4, -0.2) is 17.5 Å². The normalized spacial score (nSPS) is 18.5. The van der Waals surface area contributed by atoms with Crippen LogP contribution >= 0.6 is 15.9 Å². The van der Waals surface area contributed by atoms with Crippen molar-refractivity contribution in [2.75, 3.05) is 4.90 Å². The lowest BCUT2D eigenvalue weighted by atomic mass is 10.1. The molecule has 1 N–H and O–H groups in total. The van der Waals surface area contributed by atoms with Gasteiger partial charge in [-0.05, 0) is 44.5 Å². The number of benzene rings is 1. The molecule has 1 saturated heterocycles. The van der Waals surface area contributed by atoms with E-state index in [1.165, 1.54) is 4.90 Å². The number of carbonyl (C=O) groups is 2. The van der Waals surface area contributed by atoms with Gasteiger partial charge in [0.25, 0.3) is 5.91 Å². The minimum absolute atomic E-state index is 0.232. The maximum atomic E-state index is 12.1. The van der Waals surface area contributed by atoms with Gasteiger partial charge >= 0.3 is 6.03 Å². The summed E-state index contributed by atoms with van der Waals surface area (Å²) in [6.07, 6.45) is 0. The van der Waals surface area contributed by atoms with E-state index in [0.717, 1.165) is 10.0 Å². The summed E-state index contributed by atoms with van der Waals surface area (Å²) in [5.74, 6) is -0.232. The molecule has 0 aliphatic carbocycles. The Morgan fingerprint density at radius 3 is 2.41 bits per heavy atom. The van der Waals surface area contributed by atoms with Gasteiger partial charge in [-0.3, -0.25) is 4.79 Å². The summed E-state index contributed by atoms with van der Waals surface area (Å²) in [6, 6.07) is 5.01. The Hall–Kier alpha value is -1.36. The van der Waals surface area contributed by atoms with Gasteiger partial charge in [-0.2, -0.15) is 0 Å². The van der Waals surface area contributed by atoms with Crippen molar-refractivity contribution in [3.05, 3.63) is 28.2 Å². The van der Waals surface area contributed by atoms with E-state index in [1.807, 2.05) is 19.1 Å². The van der Waals surface area contributed by atoms with Crippen LogP contribution in [0.25, 0.3) is 0 Å². The predicted octanol–water partition coefficient (Wildman–Crippen LogP) is 2.59. The number of nitrogens with one attached hydrogen (secondary N) is 1. The summed E-state index contributed by atoms with van der Waals surface area (Å²) in [5.41, 5.74) is 0.740. The molecule has 0 aromatic heterocycles. The van der Waals surface area contributed by atoms with E-state index in [9.17, 15) is 9.59 Å². The average molecular weight is 297 g/mol. The maximum Gasteiger partial charge on any atom is 0.329 e. The van der Waals surface area contributed by atoms with E-state index in [2.05, 4.69) is 21.2 Å². The minimum atomic E-state index is -0.835. The summed E-state index contributed by atoms with van der Waals surface area (Å²) in [4.78, 5) is 25.0. The van der Waals surface area contributed by atoms with Crippen LogP contribution in [0.15, 0.2) is 22.7 Å². The van der Waals surface area contributed by atoms with Crippen LogP contribution in [0.2, 0.25) is 0 Å². The first-order valence-corrected chi connectivity index (χ1v) is 6.05. The second-order valence-corrected chi connectivity index (χ2v) is 5.48. The SMILES string of the molecule is Cc1cc(N2C(=O)NC(C)(C)C2=O)ccc1Br. The minimum Gasteiger partial charge on any atom is -0.323 e. The fourth-order valence-electron chi connectivity index (χ4n) is 1.75. The zero-order valence-electron chi connectivity index (χ0n) is 9.87. The molecule has 1 aromatic rings. The van der Waals surface area contributed by atoms with E-state index in [1.54, 1.807) is 19.9 Å². The second-order valence-electron chi connectivity index (χ2n) is 4.63. The molecule has 1 aromatic carbocycles. The van der Waals surface area contributed by atoms with E-state index in [4.69, 9.17) is 0 Å². The molecule has 2 rings (SSSR count). The van der Waals surface area contributed by atoms with Gasteiger partial charge < -0.3 is 5.32 Å². The molecule has 0 unspecified atom stereocenters. The van der Waals surface area contributed by atoms with Gasteiger partial charge in [0.2, 0.25) is 0 Å². The molecule has 0 saturated carbocycles. The van der Waals surface area contributed by atoms with Crippen molar-refractivity contribution in [1.29, 1.82) is 0 Å². The Bertz CT molecular complexity index is 511. The van der Waals surface area contributed by atoms with Crippen LogP contribution in [0.3, 0.4) is 0 Å². The monoisotopic (exact) mass is 296 g/mol. The average Bonchev–Trinajstić information content (AvgIpc) is 2.42. The Balaban J connectivity index is 2.44. The highest BCUT2D eigenvalue weighted by Gasteiger charge is 2.45. The third kappa shape index (κ3) is 1.95. The Kier molecular flexibility index (Phi) is 2.73. The van der Waals surface area contributed by atoms with Gasteiger partial charge in [-0.1, -0.05) is 15.9 Å². The lowest BCUT2D eigenvalue weighted by Crippen LogP contribution is -2.40. The topological polar surface area (TPSA) is 49.4 Å². The van der Waals surface area contributed by atoms with Gasteiger partial charge in [0.1, 0.15) is 5.54 Å². The van der Waals surface area contributed by atoms with E-state index in [-0.39, 0.29) is 11.9 Å². The number of imide groups is 1. The largest absolute Gasteiger partial charge is 0.329 e. The molecule has 0 spiro atoms. The summed E-state index contributed by atoms with van der Waals surface area (Å²) in [7, 11) is 0. The third-order valence-corrected chi connectivity index (χ3v) is 3.65. The highest BCUT2D eigenvalue weighted by atomic mass is 79.9. The molecule has 0 atom stereocenters. The fourth-order valence-corrected chi connectivity index (χ4v) is 2.00. The fraction of sp³-hybridized carbons (Fsp3) is 0.333. The van der Waals surface area contributed by atoms with Crippen LogP contribution in [0.1, 0.15) is 19.4 Å². The van der Waals surface area contributed by atoms with Crippen molar-refractivity contribution >= 4 is 33.6 Å². The standard InChI is InChI=1S/C12H13BrN2O2/c1-7-6-8(4-5-9(7)13)15-10(16)12(2,3)14-11(15)17/h4-6H,1-3H3,(H,14,17). The van der Waals surface area contributed by atoms with Crippen molar-refractivity contribution in [3.63, 3.8) is 0 Å². The van der Waals surface area contributed by atoms with Crippen molar-refractivity contribution in [2.45, 2.75) is 26.3 Å².